The second-order valence-corrected chi connectivity index (χ2v) is 4.63. The van der Waals surface area contributed by atoms with Gasteiger partial charge in [0, 0.05) is 19.6 Å². The van der Waals surface area contributed by atoms with Gasteiger partial charge in [0.25, 0.3) is 0 Å². The van der Waals surface area contributed by atoms with Crippen molar-refractivity contribution in [3.05, 3.63) is 23.8 Å². The van der Waals surface area contributed by atoms with Gasteiger partial charge in [-0.1, -0.05) is 6.07 Å². The SMILES string of the molecule is COc1cccc(C(=O)OCCN2CCOCC2)c1OC.Cl. The maximum absolute atomic E-state index is 12.1. The van der Waals surface area contributed by atoms with E-state index in [0.29, 0.717) is 30.2 Å². The van der Waals surface area contributed by atoms with Gasteiger partial charge in [0.2, 0.25) is 0 Å². The summed E-state index contributed by atoms with van der Waals surface area (Å²) in [5.41, 5.74) is 0.374. The minimum atomic E-state index is -0.404. The molecule has 1 aromatic carbocycles. The van der Waals surface area contributed by atoms with Crippen molar-refractivity contribution < 1.29 is 23.7 Å². The zero-order valence-electron chi connectivity index (χ0n) is 12.9. The van der Waals surface area contributed by atoms with Crippen LogP contribution in [0.4, 0.5) is 0 Å². The fourth-order valence-electron chi connectivity index (χ4n) is 2.22. The molecule has 0 radical (unpaired) electrons. The van der Waals surface area contributed by atoms with Crippen LogP contribution < -0.4 is 9.47 Å². The molecule has 0 spiro atoms. The van der Waals surface area contributed by atoms with Gasteiger partial charge in [0.05, 0.1) is 27.4 Å². The number of carbonyl (C=O) groups is 1. The Labute approximate surface area is 136 Å². The van der Waals surface area contributed by atoms with Gasteiger partial charge in [-0.3, -0.25) is 4.90 Å². The Hall–Kier alpha value is -1.50. The zero-order valence-corrected chi connectivity index (χ0v) is 13.7. The smallest absolute Gasteiger partial charge is 0.342 e. The van der Waals surface area contributed by atoms with E-state index in [-0.39, 0.29) is 12.4 Å². The van der Waals surface area contributed by atoms with Crippen LogP contribution >= 0.6 is 12.4 Å². The van der Waals surface area contributed by atoms with Gasteiger partial charge in [-0.2, -0.15) is 0 Å². The number of morpholine rings is 1. The predicted octanol–water partition coefficient (Wildman–Crippen LogP) is 1.61. The van der Waals surface area contributed by atoms with Gasteiger partial charge in [-0.15, -0.1) is 12.4 Å². The number of hydrogen-bond acceptors (Lipinski definition) is 6. The highest BCUT2D eigenvalue weighted by molar-refractivity contribution is 5.93. The van der Waals surface area contributed by atoms with Crippen LogP contribution in [0.15, 0.2) is 18.2 Å². The molecule has 0 bridgehead atoms. The largest absolute Gasteiger partial charge is 0.493 e. The highest BCUT2D eigenvalue weighted by atomic mass is 35.5. The predicted molar refractivity (Wildman–Crippen MR) is 84.3 cm³/mol. The van der Waals surface area contributed by atoms with Crippen molar-refractivity contribution in [1.29, 1.82) is 0 Å². The first kappa shape index (κ1) is 18.5. The second-order valence-electron chi connectivity index (χ2n) is 4.63. The topological polar surface area (TPSA) is 57.2 Å². The summed E-state index contributed by atoms with van der Waals surface area (Å²) in [5.74, 6) is 0.510. The lowest BCUT2D eigenvalue weighted by atomic mass is 10.2. The lowest BCUT2D eigenvalue weighted by molar-refractivity contribution is 0.0194. The molecule has 1 fully saturated rings. The van der Waals surface area contributed by atoms with E-state index in [0.717, 1.165) is 26.3 Å². The van der Waals surface area contributed by atoms with Gasteiger partial charge in [-0.25, -0.2) is 4.79 Å². The Kier molecular flexibility index (Phi) is 8.01. The van der Waals surface area contributed by atoms with E-state index in [4.69, 9.17) is 18.9 Å². The van der Waals surface area contributed by atoms with Gasteiger partial charge in [0.1, 0.15) is 12.2 Å². The average Bonchev–Trinajstić information content (AvgIpc) is 2.54. The maximum Gasteiger partial charge on any atom is 0.342 e. The van der Waals surface area contributed by atoms with E-state index < -0.39 is 5.97 Å². The van der Waals surface area contributed by atoms with Crippen LogP contribution in [0.1, 0.15) is 10.4 Å². The van der Waals surface area contributed by atoms with E-state index in [1.165, 1.54) is 14.2 Å². The third-order valence-electron chi connectivity index (χ3n) is 3.37. The molecule has 0 aromatic heterocycles. The number of carbonyl (C=O) groups excluding carboxylic acids is 1. The molecule has 0 amide bonds. The first-order valence-corrected chi connectivity index (χ1v) is 6.94. The molecule has 0 atom stereocenters. The summed E-state index contributed by atoms with van der Waals surface area (Å²) in [7, 11) is 3.04. The summed E-state index contributed by atoms with van der Waals surface area (Å²) in [4.78, 5) is 14.3. The van der Waals surface area contributed by atoms with Gasteiger partial charge >= 0.3 is 5.97 Å². The van der Waals surface area contributed by atoms with Crippen LogP contribution in [0.5, 0.6) is 11.5 Å². The van der Waals surface area contributed by atoms with Gasteiger partial charge in [0.15, 0.2) is 11.5 Å². The quantitative estimate of drug-likeness (QED) is 0.738. The highest BCUT2D eigenvalue weighted by Crippen LogP contribution is 2.30. The molecule has 0 N–H and O–H groups in total. The average molecular weight is 332 g/mol. The van der Waals surface area contributed by atoms with Crippen molar-refractivity contribution in [3.63, 3.8) is 0 Å². The monoisotopic (exact) mass is 331 g/mol. The molecule has 1 heterocycles. The molecule has 2 rings (SSSR count). The molecule has 1 aliphatic rings. The van der Waals surface area contributed by atoms with Crippen LogP contribution in [0, 0.1) is 0 Å². The fourth-order valence-corrected chi connectivity index (χ4v) is 2.22. The number of esters is 1. The minimum Gasteiger partial charge on any atom is -0.493 e. The Morgan fingerprint density at radius 2 is 1.95 bits per heavy atom. The van der Waals surface area contributed by atoms with Gasteiger partial charge < -0.3 is 18.9 Å². The number of rotatable bonds is 6. The van der Waals surface area contributed by atoms with Crippen LogP contribution in [-0.2, 0) is 9.47 Å². The molecule has 124 valence electrons. The lowest BCUT2D eigenvalue weighted by Crippen LogP contribution is -2.38. The van der Waals surface area contributed by atoms with Crippen LogP contribution in [-0.4, -0.2) is 64.5 Å². The van der Waals surface area contributed by atoms with Crippen molar-refractivity contribution in [2.75, 3.05) is 53.7 Å². The summed E-state index contributed by atoms with van der Waals surface area (Å²) < 4.78 is 21.0. The summed E-state index contributed by atoms with van der Waals surface area (Å²) in [6, 6.07) is 5.14. The van der Waals surface area contributed by atoms with E-state index >= 15 is 0 Å². The fraction of sp³-hybridized carbons (Fsp3) is 0.533. The van der Waals surface area contributed by atoms with Crippen molar-refractivity contribution >= 4 is 18.4 Å². The van der Waals surface area contributed by atoms with Crippen molar-refractivity contribution in [2.24, 2.45) is 0 Å². The second kappa shape index (κ2) is 9.50. The first-order chi connectivity index (χ1) is 10.3. The zero-order chi connectivity index (χ0) is 15.1. The lowest BCUT2D eigenvalue weighted by Gasteiger charge is -2.26. The minimum absolute atomic E-state index is 0. The molecular weight excluding hydrogens is 310 g/mol. The number of halogens is 1. The van der Waals surface area contributed by atoms with E-state index in [1.807, 2.05) is 0 Å². The molecular formula is C15H22ClNO5. The Balaban J connectivity index is 0.00000242. The van der Waals surface area contributed by atoms with Crippen molar-refractivity contribution in [1.82, 2.24) is 4.90 Å². The summed E-state index contributed by atoms with van der Waals surface area (Å²) in [6.45, 7) is 4.27. The summed E-state index contributed by atoms with van der Waals surface area (Å²) in [6.07, 6.45) is 0. The van der Waals surface area contributed by atoms with Crippen molar-refractivity contribution in [2.45, 2.75) is 0 Å². The van der Waals surface area contributed by atoms with E-state index in [1.54, 1.807) is 18.2 Å². The van der Waals surface area contributed by atoms with Crippen LogP contribution in [0.25, 0.3) is 0 Å². The number of hydrogen-bond donors (Lipinski definition) is 0. The molecule has 1 aromatic rings. The van der Waals surface area contributed by atoms with E-state index in [2.05, 4.69) is 4.90 Å². The molecule has 6 nitrogen and oxygen atoms in total. The maximum atomic E-state index is 12.1. The number of benzene rings is 1. The van der Waals surface area contributed by atoms with Gasteiger partial charge in [-0.05, 0) is 12.1 Å². The molecule has 0 saturated carbocycles. The first-order valence-electron chi connectivity index (χ1n) is 6.94. The Morgan fingerprint density at radius 1 is 1.23 bits per heavy atom. The Bertz CT molecular complexity index is 477. The molecule has 0 unspecified atom stereocenters. The molecule has 0 aliphatic carbocycles. The number of ether oxygens (including phenoxy) is 4. The summed E-state index contributed by atoms with van der Waals surface area (Å²) in [5, 5.41) is 0. The Morgan fingerprint density at radius 3 is 2.59 bits per heavy atom. The van der Waals surface area contributed by atoms with Crippen LogP contribution in [0.2, 0.25) is 0 Å². The normalized spacial score (nSPS) is 14.8. The molecule has 1 aliphatic heterocycles. The number of nitrogens with zero attached hydrogens (tertiary/aromatic N) is 1. The van der Waals surface area contributed by atoms with Crippen molar-refractivity contribution in [3.8, 4) is 11.5 Å². The standard InChI is InChI=1S/C15H21NO5.ClH/c1-18-13-5-3-4-12(14(13)19-2)15(17)21-11-8-16-6-9-20-10-7-16;/h3-5H,6-11H2,1-2H3;1H. The highest BCUT2D eigenvalue weighted by Gasteiger charge is 2.18. The molecule has 7 heteroatoms. The third-order valence-corrected chi connectivity index (χ3v) is 3.37. The third kappa shape index (κ3) is 4.76. The van der Waals surface area contributed by atoms with E-state index in [9.17, 15) is 4.79 Å². The summed E-state index contributed by atoms with van der Waals surface area (Å²) >= 11 is 0. The number of para-hydroxylation sites is 1. The molecule has 1 saturated heterocycles. The number of methoxy groups -OCH3 is 2. The van der Waals surface area contributed by atoms with Crippen LogP contribution in [0.3, 0.4) is 0 Å². The molecule has 22 heavy (non-hydrogen) atoms.